The largest absolute Gasteiger partial charge is 0.300 e. The molecule has 0 spiro atoms. The first kappa shape index (κ1) is 9.51. The fourth-order valence-electron chi connectivity index (χ4n) is 2.02. The summed E-state index contributed by atoms with van der Waals surface area (Å²) in [5, 5.41) is 8.42. The van der Waals surface area contributed by atoms with Gasteiger partial charge in [0, 0.05) is 24.1 Å². The fourth-order valence-corrected chi connectivity index (χ4v) is 2.02. The normalized spacial score (nSPS) is 15.6. The fraction of sp³-hybridized carbons (Fsp3) is 0.417. The second kappa shape index (κ2) is 3.40. The summed E-state index contributed by atoms with van der Waals surface area (Å²) in [5.74, 6) is 1.77. The van der Waals surface area contributed by atoms with Gasteiger partial charge in [0.05, 0.1) is 0 Å². The van der Waals surface area contributed by atoms with E-state index in [1.807, 2.05) is 22.7 Å². The summed E-state index contributed by atoms with van der Waals surface area (Å²) in [6, 6.07) is 3.91. The van der Waals surface area contributed by atoms with Gasteiger partial charge in [-0.05, 0) is 25.8 Å². The predicted octanol–water partition coefficient (Wildman–Crippen LogP) is 1.74. The summed E-state index contributed by atoms with van der Waals surface area (Å²) in [6.45, 7) is 1.60. The molecule has 82 valence electrons. The first-order valence-electron chi connectivity index (χ1n) is 5.57. The maximum Gasteiger partial charge on any atom is 0.164 e. The van der Waals surface area contributed by atoms with Crippen LogP contribution in [0.3, 0.4) is 0 Å². The van der Waals surface area contributed by atoms with E-state index in [2.05, 4.69) is 10.2 Å². The van der Waals surface area contributed by atoms with Gasteiger partial charge >= 0.3 is 0 Å². The number of rotatable bonds is 3. The molecule has 1 fully saturated rings. The number of hydrogen-bond acceptors (Lipinski definition) is 3. The monoisotopic (exact) mass is 215 g/mol. The van der Waals surface area contributed by atoms with E-state index in [-0.39, 0.29) is 5.78 Å². The second-order valence-corrected chi connectivity index (χ2v) is 4.44. The van der Waals surface area contributed by atoms with Crippen molar-refractivity contribution < 1.29 is 4.79 Å². The molecule has 2 aromatic heterocycles. The Morgan fingerprint density at radius 1 is 1.50 bits per heavy atom. The molecule has 2 heterocycles. The molecule has 4 heteroatoms. The van der Waals surface area contributed by atoms with Gasteiger partial charge in [-0.2, -0.15) is 0 Å². The van der Waals surface area contributed by atoms with E-state index in [4.69, 9.17) is 0 Å². The van der Waals surface area contributed by atoms with E-state index in [1.165, 1.54) is 12.8 Å². The van der Waals surface area contributed by atoms with Crippen molar-refractivity contribution in [2.45, 2.75) is 32.1 Å². The molecule has 0 atom stereocenters. The van der Waals surface area contributed by atoms with E-state index in [1.54, 1.807) is 6.92 Å². The van der Waals surface area contributed by atoms with Crippen molar-refractivity contribution in [3.8, 4) is 0 Å². The van der Waals surface area contributed by atoms with Crippen LogP contribution in [-0.4, -0.2) is 20.4 Å². The van der Waals surface area contributed by atoms with Crippen LogP contribution in [-0.2, 0) is 11.2 Å². The molecule has 0 aromatic carbocycles. The molecule has 0 unspecified atom stereocenters. The third kappa shape index (κ3) is 1.50. The minimum absolute atomic E-state index is 0.157. The standard InChI is InChI=1S/C12H13N3O/c1-8(16)7-10-3-2-6-15-11(9-4-5-9)13-14-12(10)15/h2-3,6,9H,4-5,7H2,1H3. The highest BCUT2D eigenvalue weighted by atomic mass is 16.1. The second-order valence-electron chi connectivity index (χ2n) is 4.44. The van der Waals surface area contributed by atoms with Crippen LogP contribution in [0.5, 0.6) is 0 Å². The van der Waals surface area contributed by atoms with Crippen LogP contribution in [0.4, 0.5) is 0 Å². The topological polar surface area (TPSA) is 47.3 Å². The van der Waals surface area contributed by atoms with Gasteiger partial charge in [-0.25, -0.2) is 0 Å². The number of pyridine rings is 1. The van der Waals surface area contributed by atoms with Crippen LogP contribution in [0.2, 0.25) is 0 Å². The molecule has 0 bridgehead atoms. The minimum atomic E-state index is 0.157. The molecule has 1 aliphatic carbocycles. The smallest absolute Gasteiger partial charge is 0.164 e. The van der Waals surface area contributed by atoms with Crippen molar-refractivity contribution >= 4 is 11.4 Å². The molecule has 0 radical (unpaired) electrons. The van der Waals surface area contributed by atoms with E-state index >= 15 is 0 Å². The SMILES string of the molecule is CC(=O)Cc1cccn2c(C3CC3)nnc12. The van der Waals surface area contributed by atoms with Crippen molar-refractivity contribution in [2.75, 3.05) is 0 Å². The number of ketones is 1. The Morgan fingerprint density at radius 2 is 2.31 bits per heavy atom. The average Bonchev–Trinajstić information content (AvgIpc) is 2.98. The third-order valence-electron chi connectivity index (χ3n) is 2.92. The van der Waals surface area contributed by atoms with Gasteiger partial charge in [0.25, 0.3) is 0 Å². The molecule has 0 N–H and O–H groups in total. The van der Waals surface area contributed by atoms with Gasteiger partial charge in [0.15, 0.2) is 5.65 Å². The predicted molar refractivity (Wildman–Crippen MR) is 59.3 cm³/mol. The molecule has 2 aromatic rings. The summed E-state index contributed by atoms with van der Waals surface area (Å²) in [5.41, 5.74) is 1.80. The maximum absolute atomic E-state index is 11.2. The Kier molecular flexibility index (Phi) is 2.02. The number of Topliss-reactive ketones (excluding diaryl/α,β-unsaturated/α-hetero) is 1. The Labute approximate surface area is 93.3 Å². The lowest BCUT2D eigenvalue weighted by molar-refractivity contribution is -0.116. The lowest BCUT2D eigenvalue weighted by atomic mass is 10.1. The Bertz CT molecular complexity index is 554. The Balaban J connectivity index is 2.12. The zero-order valence-electron chi connectivity index (χ0n) is 9.18. The van der Waals surface area contributed by atoms with Gasteiger partial charge in [0.2, 0.25) is 0 Å². The van der Waals surface area contributed by atoms with Crippen LogP contribution in [0.1, 0.15) is 37.1 Å². The molecule has 1 aliphatic rings. The highest BCUT2D eigenvalue weighted by Gasteiger charge is 2.28. The van der Waals surface area contributed by atoms with Crippen LogP contribution in [0.25, 0.3) is 5.65 Å². The molecule has 4 nitrogen and oxygen atoms in total. The van der Waals surface area contributed by atoms with Gasteiger partial charge in [-0.15, -0.1) is 10.2 Å². The van der Waals surface area contributed by atoms with Crippen LogP contribution in [0, 0.1) is 0 Å². The van der Waals surface area contributed by atoms with Crippen molar-refractivity contribution in [1.29, 1.82) is 0 Å². The molecule has 0 aliphatic heterocycles. The van der Waals surface area contributed by atoms with E-state index in [9.17, 15) is 4.79 Å². The summed E-state index contributed by atoms with van der Waals surface area (Å²) >= 11 is 0. The Morgan fingerprint density at radius 3 is 3.00 bits per heavy atom. The molecular weight excluding hydrogens is 202 g/mol. The summed E-state index contributed by atoms with van der Waals surface area (Å²) < 4.78 is 2.02. The van der Waals surface area contributed by atoms with Crippen molar-refractivity contribution in [2.24, 2.45) is 0 Å². The highest BCUT2D eigenvalue weighted by Crippen LogP contribution is 2.39. The summed E-state index contributed by atoms with van der Waals surface area (Å²) in [4.78, 5) is 11.2. The highest BCUT2D eigenvalue weighted by molar-refractivity contribution is 5.80. The molecule has 16 heavy (non-hydrogen) atoms. The number of carbonyl (C=O) groups is 1. The molecule has 0 saturated heterocycles. The number of nitrogens with zero attached hydrogens (tertiary/aromatic N) is 3. The quantitative estimate of drug-likeness (QED) is 0.783. The van der Waals surface area contributed by atoms with E-state index < -0.39 is 0 Å². The molecule has 3 rings (SSSR count). The van der Waals surface area contributed by atoms with E-state index in [0.29, 0.717) is 12.3 Å². The number of carbonyl (C=O) groups excluding carboxylic acids is 1. The van der Waals surface area contributed by atoms with E-state index in [0.717, 1.165) is 17.0 Å². The number of hydrogen-bond donors (Lipinski definition) is 0. The van der Waals surface area contributed by atoms with Crippen LogP contribution < -0.4 is 0 Å². The molecule has 0 amide bonds. The summed E-state index contributed by atoms with van der Waals surface area (Å²) in [6.07, 6.45) is 4.83. The van der Waals surface area contributed by atoms with Crippen molar-refractivity contribution in [3.05, 3.63) is 29.7 Å². The van der Waals surface area contributed by atoms with Gasteiger partial charge in [0.1, 0.15) is 11.6 Å². The lowest BCUT2D eigenvalue weighted by Gasteiger charge is -2.01. The maximum atomic E-state index is 11.2. The zero-order chi connectivity index (χ0) is 11.1. The van der Waals surface area contributed by atoms with Crippen molar-refractivity contribution in [3.63, 3.8) is 0 Å². The van der Waals surface area contributed by atoms with Crippen LogP contribution in [0.15, 0.2) is 18.3 Å². The Hall–Kier alpha value is -1.71. The first-order chi connectivity index (χ1) is 7.75. The molecular formula is C12H13N3O. The first-order valence-corrected chi connectivity index (χ1v) is 5.57. The van der Waals surface area contributed by atoms with Gasteiger partial charge < -0.3 is 0 Å². The number of aromatic nitrogens is 3. The third-order valence-corrected chi connectivity index (χ3v) is 2.92. The zero-order valence-corrected chi connectivity index (χ0v) is 9.18. The summed E-state index contributed by atoms with van der Waals surface area (Å²) in [7, 11) is 0. The van der Waals surface area contributed by atoms with Gasteiger partial charge in [-0.3, -0.25) is 9.20 Å². The van der Waals surface area contributed by atoms with Crippen LogP contribution >= 0.6 is 0 Å². The van der Waals surface area contributed by atoms with Gasteiger partial charge in [-0.1, -0.05) is 6.07 Å². The average molecular weight is 215 g/mol. The number of fused-ring (bicyclic) bond motifs is 1. The molecule has 1 saturated carbocycles. The lowest BCUT2D eigenvalue weighted by Crippen LogP contribution is -2.00. The van der Waals surface area contributed by atoms with Crippen molar-refractivity contribution in [1.82, 2.24) is 14.6 Å². The minimum Gasteiger partial charge on any atom is -0.300 e.